The summed E-state index contributed by atoms with van der Waals surface area (Å²) in [6.07, 6.45) is 1.63. The van der Waals surface area contributed by atoms with E-state index in [9.17, 15) is 8.42 Å². The van der Waals surface area contributed by atoms with Gasteiger partial charge in [-0.05, 0) is 36.1 Å². The zero-order chi connectivity index (χ0) is 25.2. The molecule has 2 aromatic rings. The number of halogens is 1. The van der Waals surface area contributed by atoms with Crippen LogP contribution in [0.2, 0.25) is 5.02 Å². The van der Waals surface area contributed by atoms with Crippen molar-refractivity contribution < 1.29 is 8.42 Å². The van der Waals surface area contributed by atoms with Gasteiger partial charge in [-0.2, -0.15) is 22.8 Å². The summed E-state index contributed by atoms with van der Waals surface area (Å²) in [5.41, 5.74) is 8.52. The van der Waals surface area contributed by atoms with E-state index >= 15 is 0 Å². The molecule has 2 aromatic carbocycles. The zero-order valence-electron chi connectivity index (χ0n) is 20.2. The molecule has 0 aliphatic carbocycles. The third kappa shape index (κ3) is 5.91. The first kappa shape index (κ1) is 25.3. The van der Waals surface area contributed by atoms with Crippen LogP contribution in [0.3, 0.4) is 0 Å². The fraction of sp³-hybridized carbons (Fsp3) is 0.400. The van der Waals surface area contributed by atoms with E-state index in [2.05, 4.69) is 9.39 Å². The Morgan fingerprint density at radius 3 is 2.29 bits per heavy atom. The maximum Gasteiger partial charge on any atom is 0.325 e. The molecule has 10 heteroatoms. The number of guanidine groups is 1. The van der Waals surface area contributed by atoms with Crippen molar-refractivity contribution in [3.05, 3.63) is 70.7 Å². The smallest absolute Gasteiger partial charge is 0.325 e. The maximum absolute atomic E-state index is 13.1. The van der Waals surface area contributed by atoms with Gasteiger partial charge in [-0.1, -0.05) is 74.8 Å². The molecular weight excluding hydrogens is 484 g/mol. The minimum atomic E-state index is -3.93. The number of nitrogens with two attached hydrogens (primary N) is 1. The Kier molecular flexibility index (Phi) is 7.30. The molecule has 0 bridgehead atoms. The summed E-state index contributed by atoms with van der Waals surface area (Å²) in [7, 11) is -3.93. The number of benzene rings is 2. The monoisotopic (exact) mass is 514 g/mol. The minimum Gasteiger partial charge on any atom is -0.387 e. The number of rotatable bonds is 4. The van der Waals surface area contributed by atoms with Crippen LogP contribution in [0.5, 0.6) is 0 Å². The molecule has 2 aliphatic heterocycles. The molecule has 186 valence electrons. The number of hydrazone groups is 1. The molecule has 2 aliphatic rings. The lowest BCUT2D eigenvalue weighted by Gasteiger charge is -2.21. The Bertz CT molecular complexity index is 1250. The number of hydrogen-bond acceptors (Lipinski definition) is 3. The molecule has 2 heterocycles. The van der Waals surface area contributed by atoms with Gasteiger partial charge in [0.1, 0.15) is 5.84 Å². The van der Waals surface area contributed by atoms with Crippen LogP contribution >= 0.6 is 11.6 Å². The predicted molar refractivity (Wildman–Crippen MR) is 142 cm³/mol. The van der Waals surface area contributed by atoms with Gasteiger partial charge in [0, 0.05) is 29.4 Å². The molecule has 0 saturated carbocycles. The van der Waals surface area contributed by atoms with Gasteiger partial charge < -0.3 is 5.73 Å². The average Bonchev–Trinajstić information content (AvgIpc) is 3.50. The second-order valence-electron chi connectivity index (χ2n) is 9.76. The molecular formula is C25H31ClN6O2S. The van der Waals surface area contributed by atoms with E-state index < -0.39 is 15.6 Å². The molecule has 0 amide bonds. The fourth-order valence-corrected chi connectivity index (χ4v) is 5.24. The molecule has 0 spiro atoms. The van der Waals surface area contributed by atoms with Gasteiger partial charge in [0.05, 0.1) is 12.3 Å². The van der Waals surface area contributed by atoms with E-state index in [1.54, 1.807) is 5.01 Å². The number of aliphatic imine (C=N–C) groups is 1. The molecule has 1 unspecified atom stereocenters. The standard InChI is InChI=1S/C25H31ClN6O2S/c1-25(2,3)23(27)28-24(30-35(33,34)31-15-7-8-16-31)32-17-21(18-9-5-4-6-10-18)22(29-32)19-11-13-20(26)14-12-19/h4-6,9-14,21H,7-8,15-17H2,1-3H3,(H2,27,28,30). The number of hydrogen-bond donors (Lipinski definition) is 1. The Labute approximate surface area is 212 Å². The highest BCUT2D eigenvalue weighted by molar-refractivity contribution is 7.87. The van der Waals surface area contributed by atoms with Crippen molar-refractivity contribution in [1.82, 2.24) is 9.31 Å². The molecule has 2 N–H and O–H groups in total. The van der Waals surface area contributed by atoms with Gasteiger partial charge in [0.2, 0.25) is 0 Å². The average molecular weight is 515 g/mol. The summed E-state index contributed by atoms with van der Waals surface area (Å²) in [4.78, 5) is 4.49. The second kappa shape index (κ2) is 10.1. The first-order valence-corrected chi connectivity index (χ1v) is 13.4. The summed E-state index contributed by atoms with van der Waals surface area (Å²) < 4.78 is 31.7. The Morgan fingerprint density at radius 2 is 1.69 bits per heavy atom. The van der Waals surface area contributed by atoms with Gasteiger partial charge in [0.15, 0.2) is 0 Å². The first-order chi connectivity index (χ1) is 16.5. The zero-order valence-corrected chi connectivity index (χ0v) is 21.8. The van der Waals surface area contributed by atoms with E-state index in [1.807, 2.05) is 75.4 Å². The highest BCUT2D eigenvalue weighted by atomic mass is 35.5. The van der Waals surface area contributed by atoms with Gasteiger partial charge in [-0.25, -0.2) is 5.01 Å². The first-order valence-electron chi connectivity index (χ1n) is 11.7. The Hall–Kier alpha value is -2.75. The highest BCUT2D eigenvalue weighted by Crippen LogP contribution is 2.30. The van der Waals surface area contributed by atoms with Gasteiger partial charge in [-0.3, -0.25) is 0 Å². The van der Waals surface area contributed by atoms with Crippen LogP contribution in [0, 0.1) is 5.41 Å². The molecule has 0 aromatic heterocycles. The quantitative estimate of drug-likeness (QED) is 0.486. The van der Waals surface area contributed by atoms with E-state index in [0.717, 1.165) is 29.7 Å². The summed E-state index contributed by atoms with van der Waals surface area (Å²) in [6, 6.07) is 17.4. The van der Waals surface area contributed by atoms with Crippen LogP contribution in [-0.2, 0) is 10.2 Å². The van der Waals surface area contributed by atoms with Crippen molar-refractivity contribution in [2.75, 3.05) is 19.6 Å². The van der Waals surface area contributed by atoms with Gasteiger partial charge in [-0.15, -0.1) is 4.40 Å². The lowest BCUT2D eigenvalue weighted by atomic mass is 9.91. The largest absolute Gasteiger partial charge is 0.387 e. The lowest BCUT2D eigenvalue weighted by molar-refractivity contribution is 0.460. The summed E-state index contributed by atoms with van der Waals surface area (Å²) in [6.45, 7) is 7.01. The third-order valence-electron chi connectivity index (χ3n) is 6.06. The van der Waals surface area contributed by atoms with E-state index in [4.69, 9.17) is 22.4 Å². The topological polar surface area (TPSA) is 104 Å². The van der Waals surface area contributed by atoms with E-state index in [-0.39, 0.29) is 17.7 Å². The molecule has 8 nitrogen and oxygen atoms in total. The van der Waals surface area contributed by atoms with Gasteiger partial charge >= 0.3 is 10.2 Å². The molecule has 1 fully saturated rings. The van der Waals surface area contributed by atoms with Crippen LogP contribution in [0.15, 0.2) is 69.1 Å². The Morgan fingerprint density at radius 1 is 1.06 bits per heavy atom. The normalized spacial score (nSPS) is 20.4. The van der Waals surface area contributed by atoms with Crippen LogP contribution in [0.4, 0.5) is 0 Å². The fourth-order valence-electron chi connectivity index (χ4n) is 3.93. The summed E-state index contributed by atoms with van der Waals surface area (Å²) >= 11 is 6.11. The number of nitrogens with zero attached hydrogens (tertiary/aromatic N) is 5. The van der Waals surface area contributed by atoms with Crippen molar-refractivity contribution in [3.8, 4) is 0 Å². The minimum absolute atomic E-state index is 0.0331. The maximum atomic E-state index is 13.1. The van der Waals surface area contributed by atoms with Crippen molar-refractivity contribution >= 4 is 39.3 Å². The number of amidine groups is 1. The third-order valence-corrected chi connectivity index (χ3v) is 7.73. The van der Waals surface area contributed by atoms with E-state index in [1.165, 1.54) is 4.31 Å². The van der Waals surface area contributed by atoms with Crippen LogP contribution < -0.4 is 5.73 Å². The van der Waals surface area contributed by atoms with Crippen molar-refractivity contribution in [1.29, 1.82) is 0 Å². The highest BCUT2D eigenvalue weighted by Gasteiger charge is 2.34. The molecule has 35 heavy (non-hydrogen) atoms. The van der Waals surface area contributed by atoms with Crippen molar-refractivity contribution in [3.63, 3.8) is 0 Å². The molecule has 1 saturated heterocycles. The lowest BCUT2D eigenvalue weighted by Crippen LogP contribution is -2.35. The van der Waals surface area contributed by atoms with Gasteiger partial charge in [0.25, 0.3) is 5.96 Å². The molecule has 4 rings (SSSR count). The van der Waals surface area contributed by atoms with Crippen molar-refractivity contribution in [2.45, 2.75) is 39.5 Å². The Balaban J connectivity index is 1.81. The van der Waals surface area contributed by atoms with E-state index in [0.29, 0.717) is 24.7 Å². The molecule has 1 atom stereocenters. The summed E-state index contributed by atoms with van der Waals surface area (Å²) in [5, 5.41) is 7.00. The van der Waals surface area contributed by atoms with Crippen LogP contribution in [-0.4, -0.2) is 54.9 Å². The predicted octanol–water partition coefficient (Wildman–Crippen LogP) is 4.24. The SMILES string of the molecule is CC(C)(C)C(N)=NC(=NS(=O)(=O)N1CCCC1)N1CC(c2ccccc2)C(c2ccc(Cl)cc2)=N1. The van der Waals surface area contributed by atoms with Crippen molar-refractivity contribution in [2.24, 2.45) is 25.6 Å². The summed E-state index contributed by atoms with van der Waals surface area (Å²) in [5.74, 6) is 0.122. The molecule has 0 radical (unpaired) electrons. The van der Waals surface area contributed by atoms with Crippen LogP contribution in [0.1, 0.15) is 50.7 Å². The van der Waals surface area contributed by atoms with Crippen LogP contribution in [0.25, 0.3) is 0 Å². The second-order valence-corrected chi connectivity index (χ2v) is 11.8.